The zero-order valence-corrected chi connectivity index (χ0v) is 10.4. The van der Waals surface area contributed by atoms with E-state index in [2.05, 4.69) is 10.3 Å². The number of anilines is 3. The van der Waals surface area contributed by atoms with E-state index in [0.717, 1.165) is 11.4 Å². The van der Waals surface area contributed by atoms with Crippen LogP contribution in [0.4, 0.5) is 17.2 Å². The highest BCUT2D eigenvalue weighted by Gasteiger charge is 2.03. The summed E-state index contributed by atoms with van der Waals surface area (Å²) in [7, 11) is 0. The zero-order valence-electron chi connectivity index (χ0n) is 10.4. The first kappa shape index (κ1) is 12.1. The molecule has 0 saturated heterocycles. The number of Topliss-reactive ketones (excluding diaryl/α,β-unsaturated/α-hetero) is 1. The molecule has 3 N–H and O–H groups in total. The average molecular weight is 241 g/mol. The van der Waals surface area contributed by atoms with Crippen LogP contribution in [0.1, 0.15) is 23.0 Å². The Morgan fingerprint density at radius 3 is 2.44 bits per heavy atom. The summed E-state index contributed by atoms with van der Waals surface area (Å²) < 4.78 is 0. The molecule has 0 spiro atoms. The second-order valence-electron chi connectivity index (χ2n) is 4.15. The third kappa shape index (κ3) is 2.66. The van der Waals surface area contributed by atoms with E-state index in [9.17, 15) is 4.79 Å². The molecule has 0 aliphatic carbocycles. The second-order valence-corrected chi connectivity index (χ2v) is 4.15. The van der Waals surface area contributed by atoms with E-state index >= 15 is 0 Å². The van der Waals surface area contributed by atoms with Gasteiger partial charge in [-0.25, -0.2) is 4.98 Å². The van der Waals surface area contributed by atoms with Crippen LogP contribution < -0.4 is 11.1 Å². The number of nitrogen functional groups attached to an aromatic ring is 1. The number of carbonyl (C=O) groups excluding carboxylic acids is 1. The van der Waals surface area contributed by atoms with Crippen molar-refractivity contribution in [2.24, 2.45) is 0 Å². The van der Waals surface area contributed by atoms with Crippen molar-refractivity contribution >= 4 is 23.0 Å². The molecule has 0 amide bonds. The summed E-state index contributed by atoms with van der Waals surface area (Å²) >= 11 is 0. The number of hydrogen-bond donors (Lipinski definition) is 2. The van der Waals surface area contributed by atoms with Crippen molar-refractivity contribution in [2.75, 3.05) is 11.1 Å². The number of pyridine rings is 1. The minimum absolute atomic E-state index is 0.0507. The summed E-state index contributed by atoms with van der Waals surface area (Å²) in [6.45, 7) is 3.45. The predicted molar refractivity (Wildman–Crippen MR) is 73.1 cm³/mol. The number of nitrogens with two attached hydrogens (primary N) is 1. The fraction of sp³-hybridized carbons (Fsp3) is 0.143. The lowest BCUT2D eigenvalue weighted by Gasteiger charge is -2.09. The van der Waals surface area contributed by atoms with Crippen LogP contribution in [0.2, 0.25) is 0 Å². The predicted octanol–water partition coefficient (Wildman–Crippen LogP) is 2.92. The van der Waals surface area contributed by atoms with E-state index in [0.29, 0.717) is 17.1 Å². The number of rotatable bonds is 3. The number of nitrogens with one attached hydrogen (secondary N) is 1. The van der Waals surface area contributed by atoms with Gasteiger partial charge in [0.1, 0.15) is 0 Å². The van der Waals surface area contributed by atoms with Gasteiger partial charge in [-0.3, -0.25) is 4.79 Å². The number of carbonyl (C=O) groups is 1. The molecule has 0 aliphatic heterocycles. The molecule has 2 aromatic rings. The van der Waals surface area contributed by atoms with Gasteiger partial charge in [0.2, 0.25) is 0 Å². The third-order valence-electron chi connectivity index (χ3n) is 2.62. The first-order valence-corrected chi connectivity index (χ1v) is 5.67. The van der Waals surface area contributed by atoms with Crippen LogP contribution in [0.5, 0.6) is 0 Å². The fourth-order valence-corrected chi connectivity index (χ4v) is 1.59. The molecule has 18 heavy (non-hydrogen) atoms. The number of hydrogen-bond acceptors (Lipinski definition) is 4. The first-order chi connectivity index (χ1) is 8.56. The summed E-state index contributed by atoms with van der Waals surface area (Å²) in [5.74, 6) is 0.681. The fourth-order valence-electron chi connectivity index (χ4n) is 1.59. The van der Waals surface area contributed by atoms with Gasteiger partial charge in [0, 0.05) is 16.9 Å². The molecule has 0 fully saturated rings. The molecule has 92 valence electrons. The molecular formula is C14H15N3O. The van der Waals surface area contributed by atoms with E-state index in [-0.39, 0.29) is 5.78 Å². The van der Waals surface area contributed by atoms with Crippen molar-refractivity contribution in [2.45, 2.75) is 13.8 Å². The van der Waals surface area contributed by atoms with Crippen LogP contribution in [0.3, 0.4) is 0 Å². The van der Waals surface area contributed by atoms with E-state index < -0.39 is 0 Å². The molecule has 0 bridgehead atoms. The van der Waals surface area contributed by atoms with Gasteiger partial charge in [0.25, 0.3) is 0 Å². The minimum Gasteiger partial charge on any atom is -0.396 e. The third-order valence-corrected chi connectivity index (χ3v) is 2.62. The standard InChI is InChI=1S/C14H15N3O/c1-9-3-8-13(15)14(16-9)17-12-6-4-11(5-7-12)10(2)18/h3-8H,15H2,1-2H3,(H,16,17). The Morgan fingerprint density at radius 1 is 1.17 bits per heavy atom. The lowest BCUT2D eigenvalue weighted by atomic mass is 10.1. The summed E-state index contributed by atoms with van der Waals surface area (Å²) in [6, 6.07) is 10.9. The quantitative estimate of drug-likeness (QED) is 0.811. The molecule has 0 unspecified atom stereocenters. The Hall–Kier alpha value is -2.36. The van der Waals surface area contributed by atoms with Gasteiger partial charge in [-0.1, -0.05) is 0 Å². The van der Waals surface area contributed by atoms with Crippen molar-refractivity contribution in [1.29, 1.82) is 0 Å². The molecular weight excluding hydrogens is 226 g/mol. The van der Waals surface area contributed by atoms with E-state index in [1.807, 2.05) is 31.2 Å². The number of aromatic nitrogens is 1. The van der Waals surface area contributed by atoms with Gasteiger partial charge in [0.15, 0.2) is 11.6 Å². The molecule has 1 heterocycles. The molecule has 1 aromatic heterocycles. The van der Waals surface area contributed by atoms with E-state index in [1.165, 1.54) is 0 Å². The maximum Gasteiger partial charge on any atom is 0.159 e. The van der Waals surface area contributed by atoms with Crippen molar-refractivity contribution in [3.05, 3.63) is 47.7 Å². The van der Waals surface area contributed by atoms with Gasteiger partial charge in [-0.15, -0.1) is 0 Å². The van der Waals surface area contributed by atoms with Crippen LogP contribution in [0.25, 0.3) is 0 Å². The van der Waals surface area contributed by atoms with Crippen molar-refractivity contribution in [3.63, 3.8) is 0 Å². The Morgan fingerprint density at radius 2 is 1.83 bits per heavy atom. The Labute approximate surface area is 106 Å². The SMILES string of the molecule is CC(=O)c1ccc(Nc2nc(C)ccc2N)cc1. The second kappa shape index (κ2) is 4.87. The molecule has 4 nitrogen and oxygen atoms in total. The van der Waals surface area contributed by atoms with Crippen LogP contribution in [-0.4, -0.2) is 10.8 Å². The van der Waals surface area contributed by atoms with E-state index in [1.54, 1.807) is 19.1 Å². The maximum atomic E-state index is 11.2. The molecule has 0 atom stereocenters. The average Bonchev–Trinajstić information content (AvgIpc) is 2.34. The van der Waals surface area contributed by atoms with Gasteiger partial charge in [-0.2, -0.15) is 0 Å². The van der Waals surface area contributed by atoms with Crippen molar-refractivity contribution in [3.8, 4) is 0 Å². The summed E-state index contributed by atoms with van der Waals surface area (Å²) in [5.41, 5.74) is 8.86. The Balaban J connectivity index is 2.23. The monoisotopic (exact) mass is 241 g/mol. The number of benzene rings is 1. The maximum absolute atomic E-state index is 11.2. The highest BCUT2D eigenvalue weighted by Crippen LogP contribution is 2.21. The number of nitrogens with zero attached hydrogens (tertiary/aromatic N) is 1. The van der Waals surface area contributed by atoms with Gasteiger partial charge < -0.3 is 11.1 Å². The molecule has 4 heteroatoms. The molecule has 0 radical (unpaired) electrons. The van der Waals surface area contributed by atoms with Crippen LogP contribution in [0, 0.1) is 6.92 Å². The molecule has 1 aromatic carbocycles. The van der Waals surface area contributed by atoms with Gasteiger partial charge >= 0.3 is 0 Å². The molecule has 2 rings (SSSR count). The van der Waals surface area contributed by atoms with Gasteiger partial charge in [-0.05, 0) is 50.2 Å². The van der Waals surface area contributed by atoms with Gasteiger partial charge in [0.05, 0.1) is 5.69 Å². The Bertz CT molecular complexity index is 576. The lowest BCUT2D eigenvalue weighted by Crippen LogP contribution is -2.00. The van der Waals surface area contributed by atoms with Crippen LogP contribution in [0.15, 0.2) is 36.4 Å². The normalized spacial score (nSPS) is 10.1. The summed E-state index contributed by atoms with van der Waals surface area (Å²) in [6.07, 6.45) is 0. The van der Waals surface area contributed by atoms with Crippen LogP contribution >= 0.6 is 0 Å². The largest absolute Gasteiger partial charge is 0.396 e. The molecule has 0 aliphatic rings. The van der Waals surface area contributed by atoms with E-state index in [4.69, 9.17) is 5.73 Å². The zero-order chi connectivity index (χ0) is 13.1. The number of ketones is 1. The summed E-state index contributed by atoms with van der Waals surface area (Å²) in [4.78, 5) is 15.5. The van der Waals surface area contributed by atoms with Crippen LogP contribution in [-0.2, 0) is 0 Å². The van der Waals surface area contributed by atoms with Crippen molar-refractivity contribution < 1.29 is 4.79 Å². The highest BCUT2D eigenvalue weighted by molar-refractivity contribution is 5.94. The highest BCUT2D eigenvalue weighted by atomic mass is 16.1. The minimum atomic E-state index is 0.0507. The van der Waals surface area contributed by atoms with Crippen molar-refractivity contribution in [1.82, 2.24) is 4.98 Å². The topological polar surface area (TPSA) is 68.0 Å². The number of aryl methyl sites for hydroxylation is 1. The lowest BCUT2D eigenvalue weighted by molar-refractivity contribution is 0.101. The molecule has 0 saturated carbocycles. The summed E-state index contributed by atoms with van der Waals surface area (Å²) in [5, 5.41) is 3.13. The first-order valence-electron chi connectivity index (χ1n) is 5.67. The smallest absolute Gasteiger partial charge is 0.159 e. The Kier molecular flexibility index (Phi) is 3.28.